The van der Waals surface area contributed by atoms with E-state index in [0.717, 1.165) is 11.1 Å². The molecule has 8 nitrogen and oxygen atoms in total. The molecule has 0 spiro atoms. The molecule has 1 aromatic carbocycles. The van der Waals surface area contributed by atoms with Crippen molar-refractivity contribution in [2.45, 2.75) is 69.4 Å². The van der Waals surface area contributed by atoms with E-state index >= 15 is 0 Å². The summed E-state index contributed by atoms with van der Waals surface area (Å²) in [7, 11) is -3.03. The van der Waals surface area contributed by atoms with E-state index in [0.29, 0.717) is 28.6 Å². The van der Waals surface area contributed by atoms with Gasteiger partial charge in [-0.1, -0.05) is 44.3 Å². The topological polar surface area (TPSA) is 117 Å². The fourth-order valence-corrected chi connectivity index (χ4v) is 8.49. The van der Waals surface area contributed by atoms with Gasteiger partial charge >= 0.3 is 18.1 Å². The number of rotatable bonds is 6. The van der Waals surface area contributed by atoms with Crippen molar-refractivity contribution >= 4 is 31.8 Å². The van der Waals surface area contributed by atoms with E-state index in [-0.39, 0.29) is 30.2 Å². The Bertz CT molecular complexity index is 1530. The van der Waals surface area contributed by atoms with Gasteiger partial charge in [0.1, 0.15) is 30.4 Å². The van der Waals surface area contributed by atoms with Crippen LogP contribution >= 0.6 is 0 Å². The summed E-state index contributed by atoms with van der Waals surface area (Å²) in [6.07, 6.45) is -3.49. The molecule has 2 aliphatic heterocycles. The van der Waals surface area contributed by atoms with Gasteiger partial charge in [0.25, 0.3) is 0 Å². The van der Waals surface area contributed by atoms with E-state index < -0.39 is 50.5 Å². The highest BCUT2D eigenvalue weighted by molar-refractivity contribution is 6.79. The number of nitrogens with zero attached hydrogens (tertiary/aromatic N) is 2. The third-order valence-corrected chi connectivity index (χ3v) is 11.3. The number of alkyl halides is 3. The second-order valence-electron chi connectivity index (χ2n) is 10.9. The van der Waals surface area contributed by atoms with Gasteiger partial charge in [0.2, 0.25) is 5.60 Å². The van der Waals surface area contributed by atoms with Crippen LogP contribution in [0.5, 0.6) is 0 Å². The van der Waals surface area contributed by atoms with Crippen LogP contribution in [0, 0.1) is 0 Å². The summed E-state index contributed by atoms with van der Waals surface area (Å²) in [6.45, 7) is 4.98. The molecule has 0 bridgehead atoms. The molecule has 3 N–H and O–H groups in total. The minimum absolute atomic E-state index is 0.0125. The molecule has 0 fully saturated rings. The van der Waals surface area contributed by atoms with E-state index in [1.807, 2.05) is 34.9 Å². The third kappa shape index (κ3) is 4.48. The van der Waals surface area contributed by atoms with Gasteiger partial charge in [-0.25, -0.2) is 9.78 Å². The summed E-state index contributed by atoms with van der Waals surface area (Å²) in [4.78, 5) is 30.7. The van der Waals surface area contributed by atoms with Gasteiger partial charge in [-0.05, 0) is 29.7 Å². The summed E-state index contributed by atoms with van der Waals surface area (Å²) in [5.74, 6) is -1.93. The largest absolute Gasteiger partial charge is 0.505 e. The van der Waals surface area contributed by atoms with Crippen LogP contribution in [0.2, 0.25) is 19.1 Å². The Kier molecular flexibility index (Phi) is 6.53. The van der Waals surface area contributed by atoms with Gasteiger partial charge in [-0.3, -0.25) is 4.79 Å². The number of carbonyl (C=O) groups excluding carboxylic acids is 2. The molecule has 39 heavy (non-hydrogen) atoms. The van der Waals surface area contributed by atoms with Gasteiger partial charge in [-0.2, -0.15) is 13.2 Å². The minimum atomic E-state index is -4.39. The molecular formula is C27H30F3N3O5Si. The molecule has 0 saturated heterocycles. The molecule has 3 heterocycles. The van der Waals surface area contributed by atoms with Crippen LogP contribution in [-0.4, -0.2) is 58.7 Å². The van der Waals surface area contributed by atoms with Crippen molar-refractivity contribution in [2.75, 3.05) is 6.54 Å². The molecule has 2 unspecified atom stereocenters. The molecule has 3 aliphatic rings. The lowest BCUT2D eigenvalue weighted by molar-refractivity contribution is -0.181. The van der Waals surface area contributed by atoms with E-state index in [1.54, 1.807) is 20.0 Å². The predicted molar refractivity (Wildman–Crippen MR) is 138 cm³/mol. The standard InChI is InChI=1S/C27H30F3N3O5Si/c1-4-26(38-20(34)13-31)17-12-18-22(33-14-16-8-6-5-7-15(16)11-19(33)32-18)23(35)21(17)24(37-25(26)36)39(2,3)10-9-27(28,29)30/h5-8,11,24,35H,4,9-10,12-14,31H2,1-3H3. The average molecular weight is 562 g/mol. The zero-order chi connectivity index (χ0) is 28.3. The maximum absolute atomic E-state index is 13.6. The van der Waals surface area contributed by atoms with E-state index in [1.165, 1.54) is 0 Å². The summed E-state index contributed by atoms with van der Waals surface area (Å²) < 4.78 is 53.0. The first-order valence-corrected chi connectivity index (χ1v) is 16.1. The number of aliphatic hydroxyl groups excluding tert-OH is 1. The number of fused-ring (bicyclic) bond motifs is 4. The molecule has 0 amide bonds. The fourth-order valence-electron chi connectivity index (χ4n) is 5.78. The monoisotopic (exact) mass is 561 g/mol. The maximum atomic E-state index is 13.6. The summed E-state index contributed by atoms with van der Waals surface area (Å²) in [5.41, 5.74) is 6.12. The van der Waals surface area contributed by atoms with Crippen LogP contribution in [0.4, 0.5) is 13.2 Å². The Morgan fingerprint density at radius 3 is 2.72 bits per heavy atom. The van der Waals surface area contributed by atoms with Gasteiger partial charge in [0.05, 0.1) is 18.8 Å². The number of aromatic nitrogens is 2. The van der Waals surface area contributed by atoms with Crippen LogP contribution in [0.3, 0.4) is 0 Å². The molecule has 2 atom stereocenters. The van der Waals surface area contributed by atoms with E-state index in [2.05, 4.69) is 0 Å². The summed E-state index contributed by atoms with van der Waals surface area (Å²) in [5, 5.41) is 12.3. The number of ether oxygens (including phenoxy) is 2. The highest BCUT2D eigenvalue weighted by Crippen LogP contribution is 2.45. The van der Waals surface area contributed by atoms with Crippen LogP contribution < -0.4 is 16.6 Å². The summed E-state index contributed by atoms with van der Waals surface area (Å²) in [6, 6.07) is 7.54. The predicted octanol–water partition coefficient (Wildman–Crippen LogP) is 2.37. The number of hydrogen-bond donors (Lipinski definition) is 2. The van der Waals surface area contributed by atoms with Crippen molar-refractivity contribution in [1.82, 2.24) is 9.55 Å². The van der Waals surface area contributed by atoms with Crippen molar-refractivity contribution in [1.29, 1.82) is 0 Å². The number of halogens is 3. The van der Waals surface area contributed by atoms with Crippen molar-refractivity contribution in [3.63, 3.8) is 0 Å². The van der Waals surface area contributed by atoms with E-state index in [4.69, 9.17) is 20.2 Å². The number of cyclic esters (lactones) is 1. The molecule has 2 aromatic rings. The second kappa shape index (κ2) is 9.37. The Morgan fingerprint density at radius 1 is 1.33 bits per heavy atom. The lowest BCUT2D eigenvalue weighted by Gasteiger charge is -2.45. The van der Waals surface area contributed by atoms with Gasteiger partial charge in [-0.15, -0.1) is 0 Å². The van der Waals surface area contributed by atoms with Crippen LogP contribution in [0.15, 0.2) is 35.4 Å². The summed E-state index contributed by atoms with van der Waals surface area (Å²) >= 11 is 0. The Morgan fingerprint density at radius 2 is 2.05 bits per heavy atom. The molecule has 5 rings (SSSR count). The quantitative estimate of drug-likeness (QED) is 0.351. The van der Waals surface area contributed by atoms with Crippen LogP contribution in [0.1, 0.15) is 36.6 Å². The first-order chi connectivity index (χ1) is 18.3. The van der Waals surface area contributed by atoms with Crippen molar-refractivity contribution < 1.29 is 37.3 Å². The lowest BCUT2D eigenvalue weighted by atomic mass is 9.79. The van der Waals surface area contributed by atoms with Crippen molar-refractivity contribution in [2.24, 2.45) is 5.73 Å². The molecule has 1 aromatic heterocycles. The number of esters is 2. The third-order valence-electron chi connectivity index (χ3n) is 7.91. The van der Waals surface area contributed by atoms with Crippen molar-refractivity contribution in [3.05, 3.63) is 63.1 Å². The average Bonchev–Trinajstić information content (AvgIpc) is 3.24. The highest BCUT2D eigenvalue weighted by Gasteiger charge is 2.57. The first-order valence-electron chi connectivity index (χ1n) is 12.8. The van der Waals surface area contributed by atoms with Gasteiger partial charge in [0.15, 0.2) is 0 Å². The van der Waals surface area contributed by atoms with Gasteiger partial charge < -0.3 is 24.9 Å². The lowest BCUT2D eigenvalue weighted by Crippen LogP contribution is -2.59. The SMILES string of the molecule is CCC1(OC(=O)CN)C(=O)OC([Si](C)(C)CCC(F)(F)F)C2=C1Cc1nc3n(c1=C2O)Cc1ccccc1C=3. The Hall–Kier alpha value is -3.38. The second-order valence-corrected chi connectivity index (χ2v) is 15.9. The zero-order valence-corrected chi connectivity index (χ0v) is 22.9. The minimum Gasteiger partial charge on any atom is -0.505 e. The molecule has 0 saturated carbocycles. The molecule has 208 valence electrons. The zero-order valence-electron chi connectivity index (χ0n) is 21.9. The number of benzene rings is 1. The molecule has 0 radical (unpaired) electrons. The molecule has 1 aliphatic carbocycles. The van der Waals surface area contributed by atoms with Crippen LogP contribution in [0.25, 0.3) is 11.8 Å². The number of aliphatic hydroxyl groups is 1. The number of hydrogen-bond acceptors (Lipinski definition) is 7. The number of carbonyl (C=O) groups is 2. The highest BCUT2D eigenvalue weighted by atomic mass is 28.3. The molecule has 12 heteroatoms. The molecular weight excluding hydrogens is 531 g/mol. The number of nitrogens with two attached hydrogens (primary N) is 1. The fraction of sp³-hybridized carbons (Fsp3) is 0.444. The Labute approximate surface area is 223 Å². The first kappa shape index (κ1) is 27.2. The number of imidazole rings is 1. The normalized spacial score (nSPS) is 22.3. The smallest absolute Gasteiger partial charge is 0.388 e. The van der Waals surface area contributed by atoms with Crippen molar-refractivity contribution in [3.8, 4) is 0 Å². The Balaban J connectivity index is 1.74. The van der Waals surface area contributed by atoms with Crippen LogP contribution in [-0.2, 0) is 32.0 Å². The van der Waals surface area contributed by atoms with Gasteiger partial charge in [0, 0.05) is 24.0 Å². The maximum Gasteiger partial charge on any atom is 0.388 e. The van der Waals surface area contributed by atoms with E-state index in [9.17, 15) is 27.9 Å².